The third-order valence-corrected chi connectivity index (χ3v) is 8.65. The molecule has 2 amide bonds. The van der Waals surface area contributed by atoms with Gasteiger partial charge in [0.2, 0.25) is 5.91 Å². The van der Waals surface area contributed by atoms with E-state index in [2.05, 4.69) is 25.5 Å². The minimum absolute atomic E-state index is 0. The van der Waals surface area contributed by atoms with Gasteiger partial charge >= 0.3 is 18.9 Å². The largest absolute Gasteiger partial charge is 1.00 e. The molecular formula is C24H22Cl2LiN5O4S. The molecule has 3 heterocycles. The van der Waals surface area contributed by atoms with Gasteiger partial charge in [-0.25, -0.2) is 4.98 Å². The van der Waals surface area contributed by atoms with Gasteiger partial charge in [-0.3, -0.25) is 9.59 Å². The molecule has 0 radical (unpaired) electrons. The van der Waals surface area contributed by atoms with Crippen molar-refractivity contribution in [2.45, 2.75) is 26.3 Å². The van der Waals surface area contributed by atoms with Gasteiger partial charge in [-0.15, -0.1) is 0 Å². The van der Waals surface area contributed by atoms with Crippen LogP contribution in [0.5, 0.6) is 0 Å². The molecule has 5 rings (SSSR count). The summed E-state index contributed by atoms with van der Waals surface area (Å²) >= 11 is 13.3. The molecule has 9 nitrogen and oxygen atoms in total. The average Bonchev–Trinajstić information content (AvgIpc) is 3.19. The van der Waals surface area contributed by atoms with E-state index in [1.54, 1.807) is 19.1 Å². The number of thiazole rings is 1. The number of aryl methyl sites for hydroxylation is 1. The number of benzene rings is 1. The van der Waals surface area contributed by atoms with Crippen molar-refractivity contribution in [3.8, 4) is 0 Å². The molecule has 1 aliphatic heterocycles. The van der Waals surface area contributed by atoms with Crippen LogP contribution < -0.4 is 39.5 Å². The summed E-state index contributed by atoms with van der Waals surface area (Å²) in [6.45, 7) is 4.51. The molecule has 0 bridgehead atoms. The molecule has 1 saturated carbocycles. The molecule has 1 saturated heterocycles. The van der Waals surface area contributed by atoms with E-state index in [1.807, 2.05) is 12.1 Å². The zero-order valence-electron chi connectivity index (χ0n) is 20.4. The standard InChI is InChI=1S/C24H23Cl2N5O4S.Li/c1-10-17(25)18(26)20(27-10)22(33)30-19-14-8-31(9-15(14)19)24-29-16(21(36-24)23(34)35)7-12-3-5-13(6-4-12)28-11(2)32;/h3-6,14-15,19,27H,7-9H2,1-2H3,(H,28,32)(H,30,33)(H,34,35);/q;+1/p-1/t14-,15+,19?;. The molecule has 188 valence electrons. The Bertz CT molecular complexity index is 1360. The molecule has 0 spiro atoms. The molecule has 13 heteroatoms. The van der Waals surface area contributed by atoms with Crippen LogP contribution in [0.25, 0.3) is 0 Å². The Labute approximate surface area is 239 Å². The smallest absolute Gasteiger partial charge is 0.544 e. The van der Waals surface area contributed by atoms with Gasteiger partial charge in [0.25, 0.3) is 5.91 Å². The van der Waals surface area contributed by atoms with Crippen LogP contribution in [0.4, 0.5) is 10.8 Å². The number of piperidine rings is 1. The number of aromatic nitrogens is 2. The maximum atomic E-state index is 12.6. The summed E-state index contributed by atoms with van der Waals surface area (Å²) in [7, 11) is 0. The van der Waals surface area contributed by atoms with E-state index in [4.69, 9.17) is 23.2 Å². The van der Waals surface area contributed by atoms with Gasteiger partial charge in [0.05, 0.1) is 26.6 Å². The number of hydrogen-bond donors (Lipinski definition) is 3. The predicted octanol–water partition coefficient (Wildman–Crippen LogP) is -0.132. The summed E-state index contributed by atoms with van der Waals surface area (Å²) in [5, 5.41) is 18.7. The van der Waals surface area contributed by atoms with Gasteiger partial charge in [0, 0.05) is 55.7 Å². The number of fused-ring (bicyclic) bond motifs is 1. The number of aromatic amines is 1. The van der Waals surface area contributed by atoms with Crippen molar-refractivity contribution in [3.63, 3.8) is 0 Å². The van der Waals surface area contributed by atoms with Crippen molar-refractivity contribution < 1.29 is 38.4 Å². The van der Waals surface area contributed by atoms with Crippen molar-refractivity contribution in [1.82, 2.24) is 15.3 Å². The van der Waals surface area contributed by atoms with Crippen LogP contribution in [0.15, 0.2) is 24.3 Å². The van der Waals surface area contributed by atoms with Crippen molar-refractivity contribution >= 4 is 63.1 Å². The van der Waals surface area contributed by atoms with Crippen LogP contribution in [0, 0.1) is 18.8 Å². The summed E-state index contributed by atoms with van der Waals surface area (Å²) in [5.41, 5.74) is 2.88. The SMILES string of the molecule is CC(=O)Nc1ccc(Cc2nc(N3C[C@@H]4C(NC(=O)c5[nH]c(C)c(Cl)c5Cl)[C@@H]4C3)sc2C(=O)[O-])cc1.[Li+]. The number of halogens is 2. The number of amides is 2. The number of nitrogens with zero attached hydrogens (tertiary/aromatic N) is 2. The molecular weight excluding hydrogens is 532 g/mol. The Morgan fingerprint density at radius 1 is 1.16 bits per heavy atom. The Hall–Kier alpha value is -2.48. The van der Waals surface area contributed by atoms with E-state index in [9.17, 15) is 19.5 Å². The number of aromatic carboxylic acids is 1. The van der Waals surface area contributed by atoms with Crippen LogP contribution >= 0.6 is 34.5 Å². The van der Waals surface area contributed by atoms with E-state index in [0.717, 1.165) is 16.9 Å². The maximum absolute atomic E-state index is 12.6. The van der Waals surface area contributed by atoms with Crippen molar-refractivity contribution in [1.29, 1.82) is 0 Å². The third kappa shape index (κ3) is 5.54. The van der Waals surface area contributed by atoms with Gasteiger partial charge in [0.1, 0.15) is 5.69 Å². The second-order valence-electron chi connectivity index (χ2n) is 9.10. The number of hydrogen-bond acceptors (Lipinski definition) is 7. The first kappa shape index (κ1) is 27.5. The number of carbonyl (C=O) groups excluding carboxylic acids is 3. The van der Waals surface area contributed by atoms with Gasteiger partial charge in [-0.2, -0.15) is 0 Å². The van der Waals surface area contributed by atoms with Gasteiger partial charge in [-0.1, -0.05) is 46.7 Å². The second-order valence-corrected chi connectivity index (χ2v) is 10.8. The Morgan fingerprint density at radius 3 is 2.35 bits per heavy atom. The quantitative estimate of drug-likeness (QED) is 0.349. The van der Waals surface area contributed by atoms with Gasteiger partial charge < -0.3 is 30.4 Å². The molecule has 3 N–H and O–H groups in total. The van der Waals surface area contributed by atoms with E-state index in [0.29, 0.717) is 46.7 Å². The first-order chi connectivity index (χ1) is 17.1. The number of H-pyrrole nitrogens is 1. The summed E-state index contributed by atoms with van der Waals surface area (Å²) in [6, 6.07) is 7.20. The average molecular weight is 554 g/mol. The first-order valence-electron chi connectivity index (χ1n) is 11.3. The number of nitrogens with one attached hydrogen (secondary N) is 3. The molecule has 1 aromatic carbocycles. The van der Waals surface area contributed by atoms with Crippen LogP contribution in [-0.4, -0.2) is 46.9 Å². The van der Waals surface area contributed by atoms with E-state index < -0.39 is 5.97 Å². The van der Waals surface area contributed by atoms with E-state index in [-0.39, 0.29) is 64.1 Å². The Kier molecular flexibility index (Phi) is 7.98. The van der Waals surface area contributed by atoms with Crippen LogP contribution in [0.2, 0.25) is 10.0 Å². The Balaban J connectivity index is 0.00000320. The number of carboxylic acid groups (broad SMARTS) is 1. The topological polar surface area (TPSA) is 130 Å². The monoisotopic (exact) mass is 553 g/mol. The van der Waals surface area contributed by atoms with Crippen molar-refractivity contribution in [2.75, 3.05) is 23.3 Å². The molecule has 3 aromatic rings. The first-order valence-corrected chi connectivity index (χ1v) is 12.9. The molecule has 3 atom stereocenters. The van der Waals surface area contributed by atoms with Crippen molar-refractivity contribution in [3.05, 3.63) is 61.8 Å². The second kappa shape index (κ2) is 10.7. The fourth-order valence-corrected chi connectivity index (χ4v) is 6.06. The van der Waals surface area contributed by atoms with Crippen LogP contribution in [0.1, 0.15) is 44.0 Å². The number of anilines is 2. The molecule has 37 heavy (non-hydrogen) atoms. The number of rotatable bonds is 7. The van der Waals surface area contributed by atoms with Crippen LogP contribution in [0.3, 0.4) is 0 Å². The Morgan fingerprint density at radius 2 is 1.81 bits per heavy atom. The van der Waals surface area contributed by atoms with Crippen molar-refractivity contribution in [2.24, 2.45) is 11.8 Å². The zero-order valence-corrected chi connectivity index (χ0v) is 22.7. The van der Waals surface area contributed by atoms with E-state index >= 15 is 0 Å². The summed E-state index contributed by atoms with van der Waals surface area (Å²) in [5.74, 6) is -1.21. The normalized spacial score (nSPS) is 19.7. The van der Waals surface area contributed by atoms with E-state index in [1.165, 1.54) is 6.92 Å². The molecule has 1 aliphatic carbocycles. The molecule has 2 fully saturated rings. The fourth-order valence-electron chi connectivity index (χ4n) is 4.70. The van der Waals surface area contributed by atoms with Gasteiger partial charge in [-0.05, 0) is 24.6 Å². The minimum Gasteiger partial charge on any atom is -0.544 e. The minimum atomic E-state index is -1.25. The van der Waals surface area contributed by atoms with Gasteiger partial charge in [0.15, 0.2) is 5.13 Å². The number of carbonyl (C=O) groups is 3. The molecule has 2 aromatic heterocycles. The molecule has 2 aliphatic rings. The maximum Gasteiger partial charge on any atom is 1.00 e. The number of carboxylic acids is 1. The summed E-state index contributed by atoms with van der Waals surface area (Å²) in [6.07, 6.45) is 0.332. The summed E-state index contributed by atoms with van der Waals surface area (Å²) < 4.78 is 0. The molecule has 1 unspecified atom stereocenters. The third-order valence-electron chi connectivity index (χ3n) is 6.56. The summed E-state index contributed by atoms with van der Waals surface area (Å²) in [4.78, 5) is 45.3. The fraction of sp³-hybridized carbons (Fsp3) is 0.333. The van der Waals surface area contributed by atoms with Crippen LogP contribution in [-0.2, 0) is 11.2 Å². The zero-order chi connectivity index (χ0) is 25.7. The predicted molar refractivity (Wildman–Crippen MR) is 136 cm³/mol.